The quantitative estimate of drug-likeness (QED) is 0.324. The van der Waals surface area contributed by atoms with E-state index >= 15 is 0 Å². The van der Waals surface area contributed by atoms with Crippen LogP contribution < -0.4 is 10.6 Å². The van der Waals surface area contributed by atoms with Gasteiger partial charge in [-0.05, 0) is 35.7 Å². The van der Waals surface area contributed by atoms with Gasteiger partial charge < -0.3 is 10.6 Å². The summed E-state index contributed by atoms with van der Waals surface area (Å²) in [5, 5.41) is 12.4. The fraction of sp³-hybridized carbons (Fsp3) is 0. The Labute approximate surface area is 200 Å². The van der Waals surface area contributed by atoms with Crippen LogP contribution in [0.1, 0.15) is 20.7 Å². The highest BCUT2D eigenvalue weighted by Gasteiger charge is 2.22. The Kier molecular flexibility index (Phi) is 5.81. The van der Waals surface area contributed by atoms with Crippen molar-refractivity contribution in [2.45, 2.75) is 0 Å². The third kappa shape index (κ3) is 4.14. The van der Waals surface area contributed by atoms with Gasteiger partial charge in [-0.1, -0.05) is 78.3 Å². The predicted molar refractivity (Wildman–Crippen MR) is 135 cm³/mol. The van der Waals surface area contributed by atoms with E-state index < -0.39 is 11.8 Å². The molecule has 1 aromatic heterocycles. The number of nitrogens with zero attached hydrogens (tertiary/aromatic N) is 2. The lowest BCUT2D eigenvalue weighted by atomic mass is 10.1. The Morgan fingerprint density at radius 3 is 2.21 bits per heavy atom. The number of nitrogens with one attached hydrogen (secondary N) is 2. The minimum absolute atomic E-state index is 0.220. The number of aromatic nitrogens is 2. The van der Waals surface area contributed by atoms with Crippen LogP contribution in [0.2, 0.25) is 5.02 Å². The molecule has 0 aliphatic carbocycles. The summed E-state index contributed by atoms with van der Waals surface area (Å²) in [6.07, 6.45) is 1.44. The van der Waals surface area contributed by atoms with E-state index in [0.29, 0.717) is 22.0 Å². The van der Waals surface area contributed by atoms with Gasteiger partial charge in [0.25, 0.3) is 11.8 Å². The fourth-order valence-electron chi connectivity index (χ4n) is 3.74. The Bertz CT molecular complexity index is 1510. The zero-order valence-electron chi connectivity index (χ0n) is 17.9. The van der Waals surface area contributed by atoms with Crippen LogP contribution in [0.25, 0.3) is 16.5 Å². The average molecular weight is 467 g/mol. The van der Waals surface area contributed by atoms with Crippen molar-refractivity contribution in [3.8, 4) is 5.69 Å². The Balaban J connectivity index is 1.54. The molecule has 2 amide bonds. The molecule has 0 radical (unpaired) electrons. The smallest absolute Gasteiger partial charge is 0.261 e. The molecule has 1 heterocycles. The van der Waals surface area contributed by atoms with Crippen molar-refractivity contribution in [2.24, 2.45) is 0 Å². The summed E-state index contributed by atoms with van der Waals surface area (Å²) in [5.41, 5.74) is 1.88. The maximum Gasteiger partial charge on any atom is 0.261 e. The van der Waals surface area contributed by atoms with Crippen LogP contribution in [-0.4, -0.2) is 21.6 Å². The Hall–Kier alpha value is -4.42. The summed E-state index contributed by atoms with van der Waals surface area (Å²) in [7, 11) is 0. The fourth-order valence-corrected chi connectivity index (χ4v) is 3.97. The maximum absolute atomic E-state index is 13.4. The summed E-state index contributed by atoms with van der Waals surface area (Å²) in [5.74, 6) is -0.593. The summed E-state index contributed by atoms with van der Waals surface area (Å²) in [6, 6.07) is 29.5. The number of anilines is 2. The van der Waals surface area contributed by atoms with Gasteiger partial charge in [-0.2, -0.15) is 5.10 Å². The van der Waals surface area contributed by atoms with Crippen molar-refractivity contribution >= 4 is 45.7 Å². The van der Waals surface area contributed by atoms with Gasteiger partial charge in [0.1, 0.15) is 11.4 Å². The molecule has 5 rings (SSSR count). The zero-order valence-corrected chi connectivity index (χ0v) is 18.7. The van der Waals surface area contributed by atoms with E-state index in [1.54, 1.807) is 24.3 Å². The number of amides is 2. The van der Waals surface area contributed by atoms with Gasteiger partial charge in [0, 0.05) is 11.1 Å². The maximum atomic E-state index is 13.4. The normalized spacial score (nSPS) is 10.7. The number of carbonyl (C=O) groups is 2. The van der Waals surface area contributed by atoms with Crippen LogP contribution in [-0.2, 0) is 0 Å². The van der Waals surface area contributed by atoms with Gasteiger partial charge in [0.05, 0.1) is 22.5 Å². The highest BCUT2D eigenvalue weighted by atomic mass is 35.5. The molecule has 0 saturated carbocycles. The van der Waals surface area contributed by atoms with Gasteiger partial charge >= 0.3 is 0 Å². The third-order valence-corrected chi connectivity index (χ3v) is 5.73. The number of halogens is 1. The van der Waals surface area contributed by atoms with Crippen molar-refractivity contribution in [3.63, 3.8) is 0 Å². The first-order chi connectivity index (χ1) is 16.6. The first kappa shape index (κ1) is 21.4. The molecule has 34 heavy (non-hydrogen) atoms. The van der Waals surface area contributed by atoms with Crippen LogP contribution in [0, 0.1) is 0 Å². The van der Waals surface area contributed by atoms with Crippen LogP contribution in [0.5, 0.6) is 0 Å². The van der Waals surface area contributed by atoms with Crippen LogP contribution in [0.4, 0.5) is 11.5 Å². The molecule has 0 bridgehead atoms. The number of hydrogen-bond acceptors (Lipinski definition) is 3. The largest absolute Gasteiger partial charge is 0.321 e. The molecule has 5 aromatic rings. The van der Waals surface area contributed by atoms with E-state index in [1.807, 2.05) is 72.8 Å². The molecule has 166 valence electrons. The number of para-hydroxylation sites is 1. The minimum atomic E-state index is -0.442. The SMILES string of the molecule is O=C(Nc1c(C(=O)Nc2cccc3ccccc23)cnn1-c1ccccc1)c1ccccc1Cl. The van der Waals surface area contributed by atoms with Crippen molar-refractivity contribution in [3.05, 3.63) is 119 Å². The molecule has 6 nitrogen and oxygen atoms in total. The second-order valence-corrected chi connectivity index (χ2v) is 7.98. The molecule has 0 atom stereocenters. The number of hydrogen-bond donors (Lipinski definition) is 2. The average Bonchev–Trinajstić information content (AvgIpc) is 3.28. The minimum Gasteiger partial charge on any atom is -0.321 e. The van der Waals surface area contributed by atoms with E-state index in [9.17, 15) is 9.59 Å². The lowest BCUT2D eigenvalue weighted by molar-refractivity contribution is 0.102. The topological polar surface area (TPSA) is 76.0 Å². The van der Waals surface area contributed by atoms with Gasteiger partial charge in [-0.15, -0.1) is 0 Å². The van der Waals surface area contributed by atoms with Crippen molar-refractivity contribution in [1.29, 1.82) is 0 Å². The zero-order chi connectivity index (χ0) is 23.5. The highest BCUT2D eigenvalue weighted by Crippen LogP contribution is 2.27. The van der Waals surface area contributed by atoms with E-state index in [-0.39, 0.29) is 11.4 Å². The van der Waals surface area contributed by atoms with Crippen LogP contribution in [0.3, 0.4) is 0 Å². The molecule has 7 heteroatoms. The number of benzene rings is 4. The van der Waals surface area contributed by atoms with E-state index in [0.717, 1.165) is 10.8 Å². The lowest BCUT2D eigenvalue weighted by Crippen LogP contribution is -2.20. The molecular formula is C27H19ClN4O2. The summed E-state index contributed by atoms with van der Waals surface area (Å²) in [4.78, 5) is 26.4. The van der Waals surface area contributed by atoms with Crippen molar-refractivity contribution in [1.82, 2.24) is 9.78 Å². The molecule has 0 unspecified atom stereocenters. The summed E-state index contributed by atoms with van der Waals surface area (Å²) >= 11 is 6.22. The highest BCUT2D eigenvalue weighted by molar-refractivity contribution is 6.34. The molecule has 2 N–H and O–H groups in total. The number of rotatable bonds is 5. The number of fused-ring (bicyclic) bond motifs is 1. The van der Waals surface area contributed by atoms with E-state index in [1.165, 1.54) is 10.9 Å². The Morgan fingerprint density at radius 2 is 1.38 bits per heavy atom. The van der Waals surface area contributed by atoms with Gasteiger partial charge in [0.15, 0.2) is 0 Å². The molecule has 0 spiro atoms. The second-order valence-electron chi connectivity index (χ2n) is 7.57. The monoisotopic (exact) mass is 466 g/mol. The van der Waals surface area contributed by atoms with Crippen molar-refractivity contribution < 1.29 is 9.59 Å². The molecule has 4 aromatic carbocycles. The molecule has 0 aliphatic heterocycles. The lowest BCUT2D eigenvalue weighted by Gasteiger charge is -2.13. The van der Waals surface area contributed by atoms with E-state index in [2.05, 4.69) is 15.7 Å². The third-order valence-electron chi connectivity index (χ3n) is 5.40. The second kappa shape index (κ2) is 9.21. The Morgan fingerprint density at radius 1 is 0.706 bits per heavy atom. The summed E-state index contributed by atoms with van der Waals surface area (Å²) in [6.45, 7) is 0. The predicted octanol–water partition coefficient (Wildman–Crippen LogP) is 6.18. The van der Waals surface area contributed by atoms with Gasteiger partial charge in [-0.25, -0.2) is 4.68 Å². The van der Waals surface area contributed by atoms with E-state index in [4.69, 9.17) is 11.6 Å². The van der Waals surface area contributed by atoms with Crippen molar-refractivity contribution in [2.75, 3.05) is 10.6 Å². The summed E-state index contributed by atoms with van der Waals surface area (Å²) < 4.78 is 1.52. The first-order valence-electron chi connectivity index (χ1n) is 10.6. The van der Waals surface area contributed by atoms with Gasteiger partial charge in [0.2, 0.25) is 0 Å². The van der Waals surface area contributed by atoms with Crippen LogP contribution >= 0.6 is 11.6 Å². The molecular weight excluding hydrogens is 448 g/mol. The molecule has 0 fully saturated rings. The first-order valence-corrected chi connectivity index (χ1v) is 11.0. The van der Waals surface area contributed by atoms with Gasteiger partial charge in [-0.3, -0.25) is 9.59 Å². The molecule has 0 saturated heterocycles. The number of carbonyl (C=O) groups excluding carboxylic acids is 2. The standard InChI is InChI=1S/C27H19ClN4O2/c28-23-15-7-6-14-21(23)26(33)31-25-22(17-29-32(25)19-11-2-1-3-12-19)27(34)30-24-16-8-10-18-9-4-5-13-20(18)24/h1-17H,(H,30,34)(H,31,33). The van der Waals surface area contributed by atoms with Crippen LogP contribution in [0.15, 0.2) is 103 Å². The molecule has 0 aliphatic rings.